The molecule has 13 rings (SSSR count). The van der Waals surface area contributed by atoms with E-state index in [4.69, 9.17) is 0 Å². The van der Waals surface area contributed by atoms with Crippen molar-refractivity contribution in [3.63, 3.8) is 0 Å². The predicted octanol–water partition coefficient (Wildman–Crippen LogP) is 19.1. The van der Waals surface area contributed by atoms with E-state index in [-0.39, 0.29) is 21.7 Å². The van der Waals surface area contributed by atoms with E-state index in [1.165, 1.54) is 115 Å². The minimum absolute atomic E-state index is 0.00219. The third-order valence-corrected chi connectivity index (χ3v) is 18.1. The van der Waals surface area contributed by atoms with Gasteiger partial charge in [0.25, 0.3) is 0 Å². The molecule has 71 heavy (non-hydrogen) atoms. The molecule has 0 unspecified atom stereocenters. The number of nitrogens with zero attached hydrogens (tertiary/aromatic N) is 1. The molecule has 3 aliphatic carbocycles. The van der Waals surface area contributed by atoms with Crippen molar-refractivity contribution in [2.24, 2.45) is 0 Å². The van der Waals surface area contributed by atoms with Gasteiger partial charge in [-0.1, -0.05) is 221 Å². The Labute approximate surface area is 424 Å². The van der Waals surface area contributed by atoms with Crippen molar-refractivity contribution in [1.29, 1.82) is 0 Å². The highest BCUT2D eigenvalue weighted by molar-refractivity contribution is 7.26. The normalized spacial score (nSPS) is 15.5. The molecule has 0 fully saturated rings. The third kappa shape index (κ3) is 6.10. The Kier molecular flexibility index (Phi) is 9.30. The van der Waals surface area contributed by atoms with Gasteiger partial charge in [0.1, 0.15) is 0 Å². The highest BCUT2D eigenvalue weighted by Gasteiger charge is 2.47. The molecular formula is C69H61NS. The van der Waals surface area contributed by atoms with Crippen molar-refractivity contribution >= 4 is 48.6 Å². The Morgan fingerprint density at radius 2 is 0.958 bits per heavy atom. The molecule has 2 heteroatoms. The van der Waals surface area contributed by atoms with Crippen LogP contribution in [0.2, 0.25) is 0 Å². The van der Waals surface area contributed by atoms with E-state index in [2.05, 4.69) is 262 Å². The third-order valence-electron chi connectivity index (χ3n) is 16.8. The first-order valence-corrected chi connectivity index (χ1v) is 26.4. The van der Waals surface area contributed by atoms with Crippen LogP contribution < -0.4 is 4.90 Å². The van der Waals surface area contributed by atoms with Crippen LogP contribution in [0.1, 0.15) is 125 Å². The van der Waals surface area contributed by atoms with Crippen LogP contribution in [0.15, 0.2) is 188 Å². The van der Waals surface area contributed by atoms with E-state index < -0.39 is 5.41 Å². The average Bonchev–Trinajstić information content (AvgIpc) is 4.03. The van der Waals surface area contributed by atoms with Gasteiger partial charge in [0.05, 0.1) is 11.1 Å². The zero-order chi connectivity index (χ0) is 49.0. The molecule has 9 aromatic carbocycles. The van der Waals surface area contributed by atoms with E-state index in [0.717, 1.165) is 11.4 Å². The quantitative estimate of drug-likeness (QED) is 0.166. The molecule has 0 bridgehead atoms. The zero-order valence-electron chi connectivity index (χ0n) is 42.8. The van der Waals surface area contributed by atoms with E-state index in [1.54, 1.807) is 0 Å². The summed E-state index contributed by atoms with van der Waals surface area (Å²) >= 11 is 2.02. The summed E-state index contributed by atoms with van der Waals surface area (Å²) < 4.78 is 2.83. The first kappa shape index (κ1) is 44.0. The molecule has 0 saturated heterocycles. The molecule has 0 saturated carbocycles. The number of hydrogen-bond donors (Lipinski definition) is 0. The topological polar surface area (TPSA) is 3.24 Å². The lowest BCUT2D eigenvalue weighted by atomic mass is 9.67. The van der Waals surface area contributed by atoms with Crippen LogP contribution in [0.4, 0.5) is 17.1 Å². The lowest BCUT2D eigenvalue weighted by Gasteiger charge is -2.35. The van der Waals surface area contributed by atoms with Gasteiger partial charge in [-0.25, -0.2) is 0 Å². The summed E-state index contributed by atoms with van der Waals surface area (Å²) in [6, 6.07) is 72.2. The van der Waals surface area contributed by atoms with Gasteiger partial charge in [-0.3, -0.25) is 0 Å². The lowest BCUT2D eigenvalue weighted by molar-refractivity contribution is 0.573. The number of rotatable bonds is 5. The Hall–Kier alpha value is -7.00. The van der Waals surface area contributed by atoms with E-state index >= 15 is 0 Å². The zero-order valence-corrected chi connectivity index (χ0v) is 43.6. The summed E-state index contributed by atoms with van der Waals surface area (Å²) in [7, 11) is 0. The van der Waals surface area contributed by atoms with Crippen molar-refractivity contribution < 1.29 is 0 Å². The second-order valence-electron chi connectivity index (χ2n) is 23.7. The van der Waals surface area contributed by atoms with Crippen LogP contribution in [0.5, 0.6) is 0 Å². The standard InChI is InChI=1S/C69H61NS/c1-65(2,3)44-39-53-51-36-37-52-61-57(68(9,10)62(52)64(51)71-63(53)59(40-44)66(4,5)6)32-21-33-60(61)70(46-34-35-50-47-26-14-17-29-54(47)67(7,8)58(50)41-46)45-25-20-24-43(38-45)69(42-22-12-11-13-23-42)55-30-18-15-27-48(55)49-28-16-19-31-56(49)69/h11-41H,1-10H3. The number of hydrogen-bond acceptors (Lipinski definition) is 2. The van der Waals surface area contributed by atoms with Gasteiger partial charge in [-0.2, -0.15) is 0 Å². The Balaban J connectivity index is 1.09. The Morgan fingerprint density at radius 1 is 0.394 bits per heavy atom. The molecule has 3 aliphatic rings. The highest BCUT2D eigenvalue weighted by atomic mass is 32.1. The maximum atomic E-state index is 2.60. The largest absolute Gasteiger partial charge is 0.310 e. The summed E-state index contributed by atoms with van der Waals surface area (Å²) in [5.74, 6) is 0. The fourth-order valence-corrected chi connectivity index (χ4v) is 15.0. The van der Waals surface area contributed by atoms with Crippen LogP contribution in [0, 0.1) is 0 Å². The number of fused-ring (bicyclic) bond motifs is 13. The van der Waals surface area contributed by atoms with Crippen molar-refractivity contribution in [2.75, 3.05) is 4.90 Å². The first-order valence-electron chi connectivity index (χ1n) is 25.6. The maximum Gasteiger partial charge on any atom is 0.0714 e. The maximum absolute atomic E-state index is 2.60. The van der Waals surface area contributed by atoms with Gasteiger partial charge in [0.2, 0.25) is 0 Å². The summed E-state index contributed by atoms with van der Waals surface area (Å²) in [6.07, 6.45) is 0. The van der Waals surface area contributed by atoms with Gasteiger partial charge in [-0.05, 0) is 131 Å². The molecule has 1 heterocycles. The molecule has 1 nitrogen and oxygen atoms in total. The van der Waals surface area contributed by atoms with Gasteiger partial charge in [0.15, 0.2) is 0 Å². The molecular weight excluding hydrogens is 875 g/mol. The van der Waals surface area contributed by atoms with E-state index in [1.807, 2.05) is 11.3 Å². The first-order chi connectivity index (χ1) is 34.0. The fraction of sp³-hybridized carbons (Fsp3) is 0.217. The predicted molar refractivity (Wildman–Crippen MR) is 304 cm³/mol. The minimum atomic E-state index is -0.531. The Bertz CT molecular complexity index is 3800. The SMILES string of the molecule is CC(C)(C)c1cc(C(C)(C)C)c2sc3c4c(ccc3c2c1)-c1c(N(c2cccc(C3(c5ccccc5)c5ccccc5-c5ccccc53)c2)c2ccc3c(c2)C(C)(C)c2ccccc2-3)cccc1C4(C)C. The summed E-state index contributed by atoms with van der Waals surface area (Å²) in [5, 5.41) is 2.76. The summed E-state index contributed by atoms with van der Waals surface area (Å²) in [4.78, 5) is 2.60. The van der Waals surface area contributed by atoms with Gasteiger partial charge >= 0.3 is 0 Å². The van der Waals surface area contributed by atoms with Crippen LogP contribution in [-0.2, 0) is 27.1 Å². The van der Waals surface area contributed by atoms with E-state index in [0.29, 0.717) is 0 Å². The molecule has 0 amide bonds. The van der Waals surface area contributed by atoms with Crippen LogP contribution in [0.3, 0.4) is 0 Å². The molecule has 348 valence electrons. The molecule has 1 aromatic heterocycles. The molecule has 0 N–H and O–H groups in total. The molecule has 0 atom stereocenters. The number of benzene rings is 9. The van der Waals surface area contributed by atoms with Crippen LogP contribution in [-0.4, -0.2) is 0 Å². The second kappa shape index (κ2) is 15.0. The average molecular weight is 936 g/mol. The second-order valence-corrected chi connectivity index (χ2v) is 24.7. The number of thiophene rings is 1. The Morgan fingerprint density at radius 3 is 1.63 bits per heavy atom. The summed E-state index contributed by atoms with van der Waals surface area (Å²) in [5.41, 5.74) is 24.1. The number of anilines is 3. The van der Waals surface area contributed by atoms with Crippen molar-refractivity contribution in [2.45, 2.75) is 96.3 Å². The fourth-order valence-electron chi connectivity index (χ4n) is 13.3. The van der Waals surface area contributed by atoms with Crippen LogP contribution >= 0.6 is 11.3 Å². The molecule has 10 aromatic rings. The smallest absolute Gasteiger partial charge is 0.0714 e. The highest BCUT2D eigenvalue weighted by Crippen LogP contribution is 2.61. The van der Waals surface area contributed by atoms with Gasteiger partial charge in [0, 0.05) is 47.9 Å². The van der Waals surface area contributed by atoms with Gasteiger partial charge < -0.3 is 4.90 Å². The molecule has 0 aliphatic heterocycles. The van der Waals surface area contributed by atoms with E-state index in [9.17, 15) is 0 Å². The van der Waals surface area contributed by atoms with Crippen LogP contribution in [0.25, 0.3) is 53.6 Å². The minimum Gasteiger partial charge on any atom is -0.310 e. The molecule has 0 radical (unpaired) electrons. The van der Waals surface area contributed by atoms with Crippen molar-refractivity contribution in [3.05, 3.63) is 244 Å². The summed E-state index contributed by atoms with van der Waals surface area (Å²) in [6.45, 7) is 23.9. The van der Waals surface area contributed by atoms with Gasteiger partial charge in [-0.15, -0.1) is 11.3 Å². The lowest BCUT2D eigenvalue weighted by Crippen LogP contribution is -2.28. The van der Waals surface area contributed by atoms with Crippen molar-refractivity contribution in [3.8, 4) is 33.4 Å². The molecule has 0 spiro atoms. The monoisotopic (exact) mass is 935 g/mol. The van der Waals surface area contributed by atoms with Crippen molar-refractivity contribution in [1.82, 2.24) is 0 Å².